The van der Waals surface area contributed by atoms with E-state index in [-0.39, 0.29) is 5.91 Å². The number of ether oxygens (including phenoxy) is 1. The molecule has 0 saturated heterocycles. The molecular formula is C16H21N3O2S2. The van der Waals surface area contributed by atoms with Gasteiger partial charge in [-0.2, -0.15) is 0 Å². The Morgan fingerprint density at radius 1 is 1.48 bits per heavy atom. The van der Waals surface area contributed by atoms with Crippen LogP contribution in [0.25, 0.3) is 0 Å². The van der Waals surface area contributed by atoms with Gasteiger partial charge in [-0.15, -0.1) is 23.1 Å². The van der Waals surface area contributed by atoms with Crippen LogP contribution in [0, 0.1) is 0 Å². The zero-order valence-corrected chi connectivity index (χ0v) is 15.2. The summed E-state index contributed by atoms with van der Waals surface area (Å²) in [4.78, 5) is 19.5. The van der Waals surface area contributed by atoms with Crippen LogP contribution in [0.5, 0.6) is 5.75 Å². The Labute approximate surface area is 144 Å². The van der Waals surface area contributed by atoms with Crippen molar-refractivity contribution in [2.75, 3.05) is 27.0 Å². The monoisotopic (exact) mass is 351 g/mol. The Kier molecular flexibility index (Phi) is 6.44. The summed E-state index contributed by atoms with van der Waals surface area (Å²) in [6.45, 7) is 1.05. The van der Waals surface area contributed by atoms with Crippen LogP contribution in [-0.4, -0.2) is 42.7 Å². The van der Waals surface area contributed by atoms with E-state index in [1.807, 2.05) is 24.5 Å². The third kappa shape index (κ3) is 4.46. The van der Waals surface area contributed by atoms with Crippen molar-refractivity contribution >= 4 is 29.0 Å². The lowest BCUT2D eigenvalue weighted by atomic mass is 10.2. The summed E-state index contributed by atoms with van der Waals surface area (Å²) in [5.74, 6) is 0.743. The first kappa shape index (κ1) is 17.8. The quantitative estimate of drug-likeness (QED) is 0.777. The van der Waals surface area contributed by atoms with Gasteiger partial charge >= 0.3 is 0 Å². The molecule has 2 aromatic rings. The zero-order chi connectivity index (χ0) is 16.8. The molecule has 0 atom stereocenters. The Morgan fingerprint density at radius 3 is 2.91 bits per heavy atom. The van der Waals surface area contributed by atoms with Crippen LogP contribution in [-0.2, 0) is 13.0 Å². The van der Waals surface area contributed by atoms with Crippen molar-refractivity contribution in [3.8, 4) is 5.75 Å². The molecule has 0 saturated carbocycles. The first-order valence-electron chi connectivity index (χ1n) is 7.20. The van der Waals surface area contributed by atoms with Crippen LogP contribution in [0.3, 0.4) is 0 Å². The molecule has 124 valence electrons. The fourth-order valence-electron chi connectivity index (χ4n) is 2.17. The van der Waals surface area contributed by atoms with Crippen LogP contribution in [0.1, 0.15) is 21.1 Å². The average Bonchev–Trinajstić information content (AvgIpc) is 3.02. The summed E-state index contributed by atoms with van der Waals surface area (Å²) in [6.07, 6.45) is 2.71. The first-order valence-corrected chi connectivity index (χ1v) is 9.30. The zero-order valence-electron chi connectivity index (χ0n) is 13.5. The molecule has 0 aliphatic heterocycles. The summed E-state index contributed by atoms with van der Waals surface area (Å²) in [7, 11) is 3.43. The fraction of sp³-hybridized carbons (Fsp3) is 0.375. The number of carbonyl (C=O) groups excluding carboxylic acids is 1. The summed E-state index contributed by atoms with van der Waals surface area (Å²) in [5, 5.41) is 2.69. The molecular weight excluding hydrogens is 330 g/mol. The van der Waals surface area contributed by atoms with E-state index in [0.29, 0.717) is 25.2 Å². The van der Waals surface area contributed by atoms with Gasteiger partial charge < -0.3 is 15.4 Å². The minimum Gasteiger partial charge on any atom is -0.496 e. The van der Waals surface area contributed by atoms with E-state index in [0.717, 1.165) is 21.2 Å². The fourth-order valence-corrected chi connectivity index (χ4v) is 3.50. The van der Waals surface area contributed by atoms with Gasteiger partial charge in [0.15, 0.2) is 0 Å². The van der Waals surface area contributed by atoms with E-state index >= 15 is 0 Å². The van der Waals surface area contributed by atoms with Gasteiger partial charge in [0.1, 0.15) is 11.4 Å². The maximum Gasteiger partial charge on any atom is 0.273 e. The van der Waals surface area contributed by atoms with Crippen LogP contribution in [0.2, 0.25) is 0 Å². The number of nitrogens with two attached hydrogens (primary N) is 1. The second kappa shape index (κ2) is 8.33. The maximum atomic E-state index is 12.4. The molecule has 1 aromatic carbocycles. The molecule has 23 heavy (non-hydrogen) atoms. The van der Waals surface area contributed by atoms with Crippen molar-refractivity contribution in [1.29, 1.82) is 0 Å². The van der Waals surface area contributed by atoms with Gasteiger partial charge in [0.2, 0.25) is 0 Å². The summed E-state index contributed by atoms with van der Waals surface area (Å²) in [6, 6.07) is 5.99. The van der Waals surface area contributed by atoms with Gasteiger partial charge in [0.05, 0.1) is 12.1 Å². The molecule has 0 spiro atoms. The van der Waals surface area contributed by atoms with E-state index in [2.05, 4.69) is 4.98 Å². The summed E-state index contributed by atoms with van der Waals surface area (Å²) in [5.41, 5.74) is 7.02. The molecule has 0 aliphatic rings. The summed E-state index contributed by atoms with van der Waals surface area (Å²) < 4.78 is 5.39. The van der Waals surface area contributed by atoms with Crippen molar-refractivity contribution < 1.29 is 9.53 Å². The number of amides is 1. The predicted molar refractivity (Wildman–Crippen MR) is 95.4 cm³/mol. The average molecular weight is 351 g/mol. The minimum absolute atomic E-state index is 0.0857. The van der Waals surface area contributed by atoms with Gasteiger partial charge in [-0.05, 0) is 30.5 Å². The molecule has 0 unspecified atom stereocenters. The molecule has 0 bridgehead atoms. The second-order valence-corrected chi connectivity index (χ2v) is 6.81. The molecule has 1 amide bonds. The molecule has 0 radical (unpaired) electrons. The highest BCUT2D eigenvalue weighted by molar-refractivity contribution is 7.98. The molecule has 0 fully saturated rings. The second-order valence-electron chi connectivity index (χ2n) is 5.02. The Bertz CT molecular complexity index is 673. The molecule has 7 heteroatoms. The SMILES string of the molecule is COc1cc(CN(C)C(=O)c2csc(CCN)n2)ccc1SC. The Hall–Kier alpha value is -1.57. The number of hydrogen-bond acceptors (Lipinski definition) is 6. The number of hydrogen-bond donors (Lipinski definition) is 1. The number of rotatable bonds is 7. The van der Waals surface area contributed by atoms with Gasteiger partial charge in [0, 0.05) is 30.3 Å². The number of aromatic nitrogens is 1. The van der Waals surface area contributed by atoms with Gasteiger partial charge in [-0.25, -0.2) is 4.98 Å². The number of carbonyl (C=O) groups is 1. The standard InChI is InChI=1S/C16H21N3O2S2/c1-19(16(20)12-10-23-15(18-12)6-7-17)9-11-4-5-14(22-3)13(8-11)21-2/h4-5,8,10H,6-7,9,17H2,1-3H3. The molecule has 2 rings (SSSR count). The van der Waals surface area contributed by atoms with Crippen molar-refractivity contribution in [1.82, 2.24) is 9.88 Å². The number of benzene rings is 1. The third-order valence-corrected chi connectivity index (χ3v) is 5.03. The molecule has 2 N–H and O–H groups in total. The third-order valence-electron chi connectivity index (χ3n) is 3.34. The van der Waals surface area contributed by atoms with Gasteiger partial charge in [0.25, 0.3) is 5.91 Å². The highest BCUT2D eigenvalue weighted by atomic mass is 32.2. The molecule has 1 heterocycles. The minimum atomic E-state index is -0.0857. The van der Waals surface area contributed by atoms with Crippen LogP contribution in [0.4, 0.5) is 0 Å². The lowest BCUT2D eigenvalue weighted by Gasteiger charge is -2.17. The first-order chi connectivity index (χ1) is 11.1. The van der Waals surface area contributed by atoms with E-state index in [1.54, 1.807) is 36.2 Å². The smallest absolute Gasteiger partial charge is 0.273 e. The molecule has 0 aliphatic carbocycles. The van der Waals surface area contributed by atoms with Crippen LogP contribution in [0.15, 0.2) is 28.5 Å². The normalized spacial score (nSPS) is 10.6. The van der Waals surface area contributed by atoms with Crippen molar-refractivity contribution in [3.05, 3.63) is 39.8 Å². The van der Waals surface area contributed by atoms with Crippen molar-refractivity contribution in [2.24, 2.45) is 5.73 Å². The number of thiazole rings is 1. The van der Waals surface area contributed by atoms with Gasteiger partial charge in [-0.1, -0.05) is 6.07 Å². The number of thioether (sulfide) groups is 1. The van der Waals surface area contributed by atoms with E-state index in [9.17, 15) is 4.79 Å². The van der Waals surface area contributed by atoms with Gasteiger partial charge in [-0.3, -0.25) is 4.79 Å². The number of methoxy groups -OCH3 is 1. The molecule has 1 aromatic heterocycles. The lowest BCUT2D eigenvalue weighted by Crippen LogP contribution is -2.26. The number of nitrogens with zero attached hydrogens (tertiary/aromatic N) is 2. The lowest BCUT2D eigenvalue weighted by molar-refractivity contribution is 0.0779. The molecule has 5 nitrogen and oxygen atoms in total. The Morgan fingerprint density at radius 2 is 2.26 bits per heavy atom. The largest absolute Gasteiger partial charge is 0.496 e. The van der Waals surface area contributed by atoms with Crippen molar-refractivity contribution in [3.63, 3.8) is 0 Å². The topological polar surface area (TPSA) is 68.5 Å². The summed E-state index contributed by atoms with van der Waals surface area (Å²) >= 11 is 3.11. The highest BCUT2D eigenvalue weighted by Crippen LogP contribution is 2.28. The van der Waals surface area contributed by atoms with Crippen LogP contribution < -0.4 is 10.5 Å². The highest BCUT2D eigenvalue weighted by Gasteiger charge is 2.16. The van der Waals surface area contributed by atoms with Crippen LogP contribution >= 0.6 is 23.1 Å². The van der Waals surface area contributed by atoms with E-state index in [4.69, 9.17) is 10.5 Å². The van der Waals surface area contributed by atoms with E-state index < -0.39 is 0 Å². The maximum absolute atomic E-state index is 12.4. The van der Waals surface area contributed by atoms with E-state index in [1.165, 1.54) is 11.3 Å². The van der Waals surface area contributed by atoms with Crippen molar-refractivity contribution in [2.45, 2.75) is 17.9 Å². The predicted octanol–water partition coefficient (Wildman–Crippen LogP) is 2.65. The Balaban J connectivity index is 2.08.